The zero-order chi connectivity index (χ0) is 15.9. The van der Waals surface area contributed by atoms with Gasteiger partial charge in [0.15, 0.2) is 0 Å². The zero-order valence-electron chi connectivity index (χ0n) is 14.3. The smallest absolute Gasteiger partial charge is 0.225 e. The minimum atomic E-state index is 0.144. The number of benzene rings is 1. The van der Waals surface area contributed by atoms with E-state index in [1.807, 2.05) is 0 Å². The Morgan fingerprint density at radius 3 is 2.50 bits per heavy atom. The molecule has 3 nitrogen and oxygen atoms in total. The summed E-state index contributed by atoms with van der Waals surface area (Å²) in [4.78, 5) is 17.2. The summed E-state index contributed by atoms with van der Waals surface area (Å²) >= 11 is 0. The van der Waals surface area contributed by atoms with Crippen LogP contribution < -0.4 is 0 Å². The SMILES string of the molecule is CCC(C)C(C)C(=O)N1CCCN(Cc2ccccc2)CC1. The van der Waals surface area contributed by atoms with Gasteiger partial charge in [0.1, 0.15) is 0 Å². The summed E-state index contributed by atoms with van der Waals surface area (Å²) < 4.78 is 0. The molecule has 1 saturated heterocycles. The quantitative estimate of drug-likeness (QED) is 0.832. The molecule has 2 rings (SSSR count). The molecule has 1 aromatic carbocycles. The Labute approximate surface area is 135 Å². The molecule has 2 atom stereocenters. The number of hydrogen-bond donors (Lipinski definition) is 0. The first-order chi connectivity index (χ1) is 10.6. The highest BCUT2D eigenvalue weighted by atomic mass is 16.2. The lowest BCUT2D eigenvalue weighted by atomic mass is 9.92. The van der Waals surface area contributed by atoms with Crippen molar-refractivity contribution in [2.45, 2.75) is 40.2 Å². The summed E-state index contributed by atoms with van der Waals surface area (Å²) in [5.74, 6) is 0.956. The molecule has 1 aliphatic heterocycles. The maximum absolute atomic E-state index is 12.6. The van der Waals surface area contributed by atoms with E-state index in [4.69, 9.17) is 0 Å². The van der Waals surface area contributed by atoms with Crippen LogP contribution in [0.4, 0.5) is 0 Å². The lowest BCUT2D eigenvalue weighted by Crippen LogP contribution is -2.39. The van der Waals surface area contributed by atoms with E-state index < -0.39 is 0 Å². The van der Waals surface area contributed by atoms with Crippen LogP contribution in [-0.4, -0.2) is 41.9 Å². The van der Waals surface area contributed by atoms with Crippen LogP contribution in [0.3, 0.4) is 0 Å². The first-order valence-electron chi connectivity index (χ1n) is 8.67. The van der Waals surface area contributed by atoms with Crippen molar-refractivity contribution in [3.8, 4) is 0 Å². The van der Waals surface area contributed by atoms with E-state index >= 15 is 0 Å². The molecule has 0 aromatic heterocycles. The van der Waals surface area contributed by atoms with E-state index in [0.717, 1.165) is 45.6 Å². The third kappa shape index (κ3) is 4.57. The van der Waals surface area contributed by atoms with Gasteiger partial charge in [-0.15, -0.1) is 0 Å². The maximum Gasteiger partial charge on any atom is 0.225 e. The molecule has 0 bridgehead atoms. The van der Waals surface area contributed by atoms with Crippen molar-refractivity contribution in [1.82, 2.24) is 9.80 Å². The van der Waals surface area contributed by atoms with Crippen molar-refractivity contribution in [2.75, 3.05) is 26.2 Å². The van der Waals surface area contributed by atoms with Gasteiger partial charge in [-0.2, -0.15) is 0 Å². The van der Waals surface area contributed by atoms with Crippen LogP contribution in [0.1, 0.15) is 39.2 Å². The number of amides is 1. The number of hydrogen-bond acceptors (Lipinski definition) is 2. The summed E-state index contributed by atoms with van der Waals surface area (Å²) in [5.41, 5.74) is 1.36. The van der Waals surface area contributed by atoms with Crippen LogP contribution >= 0.6 is 0 Å². The fourth-order valence-corrected chi connectivity index (χ4v) is 3.08. The van der Waals surface area contributed by atoms with Crippen LogP contribution in [0, 0.1) is 11.8 Å². The third-order valence-corrected chi connectivity index (χ3v) is 5.04. The van der Waals surface area contributed by atoms with Gasteiger partial charge in [0.05, 0.1) is 0 Å². The first kappa shape index (κ1) is 17.0. The molecule has 1 aromatic rings. The average molecular weight is 302 g/mol. The number of carbonyl (C=O) groups is 1. The lowest BCUT2D eigenvalue weighted by molar-refractivity contribution is -0.136. The fourth-order valence-electron chi connectivity index (χ4n) is 3.08. The van der Waals surface area contributed by atoms with Crippen LogP contribution in [0.2, 0.25) is 0 Å². The number of nitrogens with zero attached hydrogens (tertiary/aromatic N) is 2. The first-order valence-corrected chi connectivity index (χ1v) is 8.67. The van der Waals surface area contributed by atoms with Crippen molar-refractivity contribution in [3.05, 3.63) is 35.9 Å². The molecule has 1 fully saturated rings. The molecule has 1 heterocycles. The molecular formula is C19H30N2O. The van der Waals surface area contributed by atoms with Crippen molar-refractivity contribution in [1.29, 1.82) is 0 Å². The lowest BCUT2D eigenvalue weighted by Gasteiger charge is -2.27. The molecule has 0 radical (unpaired) electrons. The molecular weight excluding hydrogens is 272 g/mol. The van der Waals surface area contributed by atoms with E-state index in [9.17, 15) is 4.79 Å². The van der Waals surface area contributed by atoms with Crippen LogP contribution in [0.15, 0.2) is 30.3 Å². The Kier molecular flexibility index (Phi) is 6.44. The Hall–Kier alpha value is -1.35. The largest absolute Gasteiger partial charge is 0.341 e. The molecule has 3 heteroatoms. The summed E-state index contributed by atoms with van der Waals surface area (Å²) in [5, 5.41) is 0. The van der Waals surface area contributed by atoms with Crippen LogP contribution in [0.25, 0.3) is 0 Å². The summed E-state index contributed by atoms with van der Waals surface area (Å²) in [7, 11) is 0. The van der Waals surface area contributed by atoms with Gasteiger partial charge in [0, 0.05) is 38.6 Å². The number of rotatable bonds is 5. The van der Waals surface area contributed by atoms with Crippen molar-refractivity contribution in [2.24, 2.45) is 11.8 Å². The van der Waals surface area contributed by atoms with E-state index in [1.165, 1.54) is 5.56 Å². The minimum Gasteiger partial charge on any atom is -0.341 e. The Morgan fingerprint density at radius 2 is 1.82 bits per heavy atom. The Balaban J connectivity index is 1.88. The highest BCUT2D eigenvalue weighted by Crippen LogP contribution is 2.18. The van der Waals surface area contributed by atoms with Gasteiger partial charge in [-0.1, -0.05) is 57.5 Å². The van der Waals surface area contributed by atoms with E-state index in [2.05, 4.69) is 60.9 Å². The molecule has 0 aliphatic carbocycles. The summed E-state index contributed by atoms with van der Waals surface area (Å²) in [6.07, 6.45) is 2.15. The predicted molar refractivity (Wildman–Crippen MR) is 91.5 cm³/mol. The van der Waals surface area contributed by atoms with Gasteiger partial charge >= 0.3 is 0 Å². The molecule has 0 N–H and O–H groups in total. The molecule has 2 unspecified atom stereocenters. The fraction of sp³-hybridized carbons (Fsp3) is 0.632. The van der Waals surface area contributed by atoms with Gasteiger partial charge in [-0.3, -0.25) is 9.69 Å². The third-order valence-electron chi connectivity index (χ3n) is 5.04. The Bertz CT molecular complexity index is 460. The van der Waals surface area contributed by atoms with Gasteiger partial charge in [-0.05, 0) is 17.9 Å². The second-order valence-electron chi connectivity index (χ2n) is 6.61. The summed E-state index contributed by atoms with van der Waals surface area (Å²) in [6, 6.07) is 10.6. The minimum absolute atomic E-state index is 0.144. The van der Waals surface area contributed by atoms with E-state index in [0.29, 0.717) is 11.8 Å². The highest BCUT2D eigenvalue weighted by Gasteiger charge is 2.26. The highest BCUT2D eigenvalue weighted by molar-refractivity contribution is 5.78. The zero-order valence-corrected chi connectivity index (χ0v) is 14.3. The molecule has 0 spiro atoms. The van der Waals surface area contributed by atoms with Crippen LogP contribution in [0.5, 0.6) is 0 Å². The summed E-state index contributed by atoms with van der Waals surface area (Å²) in [6.45, 7) is 11.3. The average Bonchev–Trinajstić information content (AvgIpc) is 2.79. The standard InChI is InChI=1S/C19H30N2O/c1-4-16(2)17(3)19(22)21-12-8-11-20(13-14-21)15-18-9-6-5-7-10-18/h5-7,9-10,16-17H,4,8,11-15H2,1-3H3. The normalized spacial score (nSPS) is 19.5. The van der Waals surface area contributed by atoms with Crippen molar-refractivity contribution >= 4 is 5.91 Å². The van der Waals surface area contributed by atoms with E-state index in [1.54, 1.807) is 0 Å². The van der Waals surface area contributed by atoms with Crippen molar-refractivity contribution < 1.29 is 4.79 Å². The molecule has 1 aliphatic rings. The van der Waals surface area contributed by atoms with E-state index in [-0.39, 0.29) is 5.92 Å². The van der Waals surface area contributed by atoms with Crippen molar-refractivity contribution in [3.63, 3.8) is 0 Å². The maximum atomic E-state index is 12.6. The van der Waals surface area contributed by atoms with Gasteiger partial charge < -0.3 is 4.90 Å². The second-order valence-corrected chi connectivity index (χ2v) is 6.61. The van der Waals surface area contributed by atoms with Gasteiger partial charge in [0.2, 0.25) is 5.91 Å². The monoisotopic (exact) mass is 302 g/mol. The second kappa shape index (κ2) is 8.33. The predicted octanol–water partition coefficient (Wildman–Crippen LogP) is 3.40. The molecule has 22 heavy (non-hydrogen) atoms. The van der Waals surface area contributed by atoms with Crippen LogP contribution in [-0.2, 0) is 11.3 Å². The topological polar surface area (TPSA) is 23.6 Å². The Morgan fingerprint density at radius 1 is 1.09 bits per heavy atom. The molecule has 1 amide bonds. The number of carbonyl (C=O) groups excluding carboxylic acids is 1. The molecule has 122 valence electrons. The molecule has 0 saturated carbocycles. The van der Waals surface area contributed by atoms with Gasteiger partial charge in [0.25, 0.3) is 0 Å². The van der Waals surface area contributed by atoms with Gasteiger partial charge in [-0.25, -0.2) is 0 Å².